The Morgan fingerprint density at radius 2 is 1.84 bits per heavy atom. The Bertz CT molecular complexity index is 801. The van der Waals surface area contributed by atoms with Crippen molar-refractivity contribution in [2.24, 2.45) is 0 Å². The van der Waals surface area contributed by atoms with Crippen LogP contribution in [-0.2, 0) is 0 Å². The van der Waals surface area contributed by atoms with Crippen LogP contribution in [-0.4, -0.2) is 39.5 Å². The first kappa shape index (κ1) is 16.0. The first-order chi connectivity index (χ1) is 12.3. The number of hydrogen-bond acceptors (Lipinski definition) is 3. The van der Waals surface area contributed by atoms with Gasteiger partial charge in [-0.25, -0.2) is 4.98 Å². The molecule has 0 atom stereocenters. The maximum atomic E-state index is 4.60. The molecule has 25 heavy (non-hydrogen) atoms. The summed E-state index contributed by atoms with van der Waals surface area (Å²) in [6.45, 7) is 5.70. The lowest BCUT2D eigenvalue weighted by atomic mass is 9.99. The van der Waals surface area contributed by atoms with Gasteiger partial charge in [-0.15, -0.1) is 0 Å². The molecule has 3 aromatic rings. The largest absolute Gasteiger partial charge is 0.342 e. The quantitative estimate of drug-likeness (QED) is 0.730. The number of unbranched alkanes of at least 4 members (excludes halogenated alkanes) is 1. The lowest BCUT2D eigenvalue weighted by molar-refractivity contribution is 0.142. The molecule has 0 amide bonds. The molecule has 0 bridgehead atoms. The standard InChI is InChI=1S/C21H24N4/c1-2-3-11-25-14-18(15-25)21-23-13-20(24-21)17-9-10-19(22-12-17)16-7-5-4-6-8-16/h4-10,12-13,18H,2-3,11,14-15H2,1H3,(H,23,24). The molecule has 4 heteroatoms. The highest BCUT2D eigenvalue weighted by molar-refractivity contribution is 5.64. The zero-order valence-corrected chi connectivity index (χ0v) is 14.7. The van der Waals surface area contributed by atoms with E-state index in [-0.39, 0.29) is 0 Å². The maximum Gasteiger partial charge on any atom is 0.112 e. The Hall–Kier alpha value is -2.46. The summed E-state index contributed by atoms with van der Waals surface area (Å²) >= 11 is 0. The molecule has 4 rings (SSSR count). The van der Waals surface area contributed by atoms with E-state index in [9.17, 15) is 0 Å². The maximum absolute atomic E-state index is 4.60. The molecule has 1 aliphatic heterocycles. The minimum absolute atomic E-state index is 0.544. The van der Waals surface area contributed by atoms with Crippen molar-refractivity contribution >= 4 is 0 Å². The first-order valence-corrected chi connectivity index (χ1v) is 9.12. The fourth-order valence-electron chi connectivity index (χ4n) is 3.33. The third-order valence-corrected chi connectivity index (χ3v) is 4.91. The molecule has 1 N–H and O–H groups in total. The fourth-order valence-corrected chi connectivity index (χ4v) is 3.33. The third-order valence-electron chi connectivity index (χ3n) is 4.91. The summed E-state index contributed by atoms with van der Waals surface area (Å²) < 4.78 is 0. The second kappa shape index (κ2) is 7.19. The molecule has 3 heterocycles. The van der Waals surface area contributed by atoms with E-state index >= 15 is 0 Å². The zero-order chi connectivity index (χ0) is 17.1. The average molecular weight is 332 g/mol. The van der Waals surface area contributed by atoms with Crippen LogP contribution >= 0.6 is 0 Å². The van der Waals surface area contributed by atoms with Gasteiger partial charge in [0.25, 0.3) is 0 Å². The van der Waals surface area contributed by atoms with Gasteiger partial charge in [-0.2, -0.15) is 0 Å². The summed E-state index contributed by atoms with van der Waals surface area (Å²) in [7, 11) is 0. The molecule has 2 aromatic heterocycles. The van der Waals surface area contributed by atoms with Crippen molar-refractivity contribution < 1.29 is 0 Å². The molecule has 1 saturated heterocycles. The van der Waals surface area contributed by atoms with Crippen LogP contribution in [0, 0.1) is 0 Å². The molecular formula is C21H24N4. The van der Waals surface area contributed by atoms with Crippen molar-refractivity contribution in [2.75, 3.05) is 19.6 Å². The van der Waals surface area contributed by atoms with Gasteiger partial charge >= 0.3 is 0 Å². The minimum atomic E-state index is 0.544. The van der Waals surface area contributed by atoms with E-state index in [2.05, 4.69) is 51.0 Å². The van der Waals surface area contributed by atoms with Gasteiger partial charge in [-0.3, -0.25) is 4.98 Å². The van der Waals surface area contributed by atoms with Crippen LogP contribution in [0.1, 0.15) is 31.5 Å². The average Bonchev–Trinajstić information content (AvgIpc) is 3.11. The Balaban J connectivity index is 1.42. The first-order valence-electron chi connectivity index (χ1n) is 9.12. The number of H-pyrrole nitrogens is 1. The highest BCUT2D eigenvalue weighted by Crippen LogP contribution is 2.27. The van der Waals surface area contributed by atoms with Gasteiger partial charge in [-0.1, -0.05) is 43.7 Å². The number of nitrogens with zero attached hydrogens (tertiary/aromatic N) is 3. The molecule has 0 radical (unpaired) electrons. The second-order valence-corrected chi connectivity index (χ2v) is 6.79. The molecule has 0 unspecified atom stereocenters. The summed E-state index contributed by atoms with van der Waals surface area (Å²) in [5, 5.41) is 0. The third kappa shape index (κ3) is 3.49. The Morgan fingerprint density at radius 1 is 1.00 bits per heavy atom. The molecule has 0 saturated carbocycles. The number of benzene rings is 1. The Labute approximate surface area is 149 Å². The summed E-state index contributed by atoms with van der Waals surface area (Å²) in [6, 6.07) is 14.4. The van der Waals surface area contributed by atoms with Crippen molar-refractivity contribution in [3.05, 3.63) is 60.7 Å². The van der Waals surface area contributed by atoms with E-state index in [0.717, 1.165) is 41.4 Å². The van der Waals surface area contributed by atoms with Crippen molar-refractivity contribution in [1.82, 2.24) is 19.9 Å². The highest BCUT2D eigenvalue weighted by Gasteiger charge is 2.29. The van der Waals surface area contributed by atoms with Gasteiger partial charge in [0.2, 0.25) is 0 Å². The van der Waals surface area contributed by atoms with E-state index in [1.54, 1.807) is 0 Å². The molecule has 128 valence electrons. The van der Waals surface area contributed by atoms with Crippen molar-refractivity contribution in [3.63, 3.8) is 0 Å². The Kier molecular flexibility index (Phi) is 4.61. The predicted octanol–water partition coefficient (Wildman–Crippen LogP) is 4.34. The number of imidazole rings is 1. The van der Waals surface area contributed by atoms with Crippen LogP contribution in [0.5, 0.6) is 0 Å². The lowest BCUT2D eigenvalue weighted by Gasteiger charge is -2.38. The van der Waals surface area contributed by atoms with Crippen molar-refractivity contribution in [2.45, 2.75) is 25.7 Å². The van der Waals surface area contributed by atoms with E-state index in [4.69, 9.17) is 0 Å². The molecule has 4 nitrogen and oxygen atoms in total. The molecular weight excluding hydrogens is 308 g/mol. The van der Waals surface area contributed by atoms with Crippen LogP contribution in [0.3, 0.4) is 0 Å². The smallest absolute Gasteiger partial charge is 0.112 e. The van der Waals surface area contributed by atoms with Gasteiger partial charge in [0.05, 0.1) is 17.6 Å². The molecule has 1 aromatic carbocycles. The number of nitrogens with one attached hydrogen (secondary N) is 1. The zero-order valence-electron chi connectivity index (χ0n) is 14.7. The van der Waals surface area contributed by atoms with Crippen molar-refractivity contribution in [1.29, 1.82) is 0 Å². The number of hydrogen-bond donors (Lipinski definition) is 1. The summed E-state index contributed by atoms with van der Waals surface area (Å²) in [5.41, 5.74) is 4.27. The van der Waals surface area contributed by atoms with Crippen LogP contribution < -0.4 is 0 Å². The van der Waals surface area contributed by atoms with E-state index in [1.807, 2.05) is 30.6 Å². The van der Waals surface area contributed by atoms with Gasteiger partial charge in [-0.05, 0) is 25.1 Å². The Morgan fingerprint density at radius 3 is 2.56 bits per heavy atom. The van der Waals surface area contributed by atoms with Crippen LogP contribution in [0.2, 0.25) is 0 Å². The number of pyridine rings is 1. The van der Waals surface area contributed by atoms with Crippen LogP contribution in [0.15, 0.2) is 54.9 Å². The van der Waals surface area contributed by atoms with Gasteiger partial charge < -0.3 is 9.88 Å². The van der Waals surface area contributed by atoms with E-state index in [0.29, 0.717) is 5.92 Å². The van der Waals surface area contributed by atoms with Gasteiger partial charge in [0, 0.05) is 36.3 Å². The van der Waals surface area contributed by atoms with Crippen LogP contribution in [0.25, 0.3) is 22.5 Å². The summed E-state index contributed by atoms with van der Waals surface area (Å²) in [6.07, 6.45) is 6.41. The SMILES string of the molecule is CCCCN1CC(c2ncc(-c3ccc(-c4ccccc4)nc3)[nH]2)C1. The van der Waals surface area contributed by atoms with E-state index < -0.39 is 0 Å². The number of rotatable bonds is 6. The number of aromatic amines is 1. The molecule has 1 aliphatic rings. The number of aromatic nitrogens is 3. The molecule has 0 aliphatic carbocycles. The molecule has 0 spiro atoms. The van der Waals surface area contributed by atoms with Crippen molar-refractivity contribution in [3.8, 4) is 22.5 Å². The lowest BCUT2D eigenvalue weighted by Crippen LogP contribution is -2.45. The fraction of sp³-hybridized carbons (Fsp3) is 0.333. The summed E-state index contributed by atoms with van der Waals surface area (Å²) in [5.74, 6) is 1.65. The molecule has 1 fully saturated rings. The van der Waals surface area contributed by atoms with Gasteiger partial charge in [0.1, 0.15) is 5.82 Å². The van der Waals surface area contributed by atoms with Crippen LogP contribution in [0.4, 0.5) is 0 Å². The normalized spacial score (nSPS) is 15.2. The summed E-state index contributed by atoms with van der Waals surface area (Å²) in [4.78, 5) is 15.2. The monoisotopic (exact) mass is 332 g/mol. The second-order valence-electron chi connectivity index (χ2n) is 6.79. The number of likely N-dealkylation sites (tertiary alicyclic amines) is 1. The van der Waals surface area contributed by atoms with E-state index in [1.165, 1.54) is 19.4 Å². The topological polar surface area (TPSA) is 44.8 Å². The predicted molar refractivity (Wildman–Crippen MR) is 101 cm³/mol. The minimum Gasteiger partial charge on any atom is -0.342 e. The van der Waals surface area contributed by atoms with Gasteiger partial charge in [0.15, 0.2) is 0 Å². The highest BCUT2D eigenvalue weighted by atomic mass is 15.2.